The number of likely N-dealkylation sites (tertiary alicyclic amines) is 1. The Morgan fingerprint density at radius 1 is 0.975 bits per heavy atom. The van der Waals surface area contributed by atoms with Crippen molar-refractivity contribution >= 4 is 23.5 Å². The summed E-state index contributed by atoms with van der Waals surface area (Å²) in [6.45, 7) is 12.7. The summed E-state index contributed by atoms with van der Waals surface area (Å²) in [5.41, 5.74) is 2.91. The molecule has 0 radical (unpaired) electrons. The van der Waals surface area contributed by atoms with Gasteiger partial charge in [-0.1, -0.05) is 32.8 Å². The van der Waals surface area contributed by atoms with Crippen LogP contribution in [0.4, 0.5) is 0 Å². The monoisotopic (exact) mass is 563 g/mol. The molecule has 1 fully saturated rings. The maximum absolute atomic E-state index is 10.6. The summed E-state index contributed by atoms with van der Waals surface area (Å²) in [4.78, 5) is 2.58. The van der Waals surface area contributed by atoms with Crippen molar-refractivity contribution in [3.63, 3.8) is 0 Å². The van der Waals surface area contributed by atoms with Crippen LogP contribution < -0.4 is 0 Å². The first-order valence-corrected chi connectivity index (χ1v) is 14.7. The summed E-state index contributed by atoms with van der Waals surface area (Å²) in [6.07, 6.45) is 6.89. The number of aryl methyl sites for hydroxylation is 1. The van der Waals surface area contributed by atoms with E-state index in [0.717, 1.165) is 42.8 Å². The van der Waals surface area contributed by atoms with Crippen LogP contribution in [-0.2, 0) is 6.54 Å². The van der Waals surface area contributed by atoms with Crippen LogP contribution in [0, 0.1) is 5.92 Å². The van der Waals surface area contributed by atoms with E-state index in [9.17, 15) is 15.3 Å². The van der Waals surface area contributed by atoms with Gasteiger partial charge in [0.05, 0.1) is 11.3 Å². The van der Waals surface area contributed by atoms with Crippen molar-refractivity contribution in [2.75, 3.05) is 19.6 Å². The second-order valence-corrected chi connectivity index (χ2v) is 13.3. The molecule has 3 heterocycles. The fraction of sp³-hybridized carbons (Fsp3) is 0.484. The van der Waals surface area contributed by atoms with Gasteiger partial charge in [-0.3, -0.25) is 0 Å². The molecule has 0 bridgehead atoms. The molecule has 8 nitrogen and oxygen atoms in total. The first-order chi connectivity index (χ1) is 19.0. The Morgan fingerprint density at radius 2 is 1.73 bits per heavy atom. The molecule has 4 aromatic rings. The fourth-order valence-corrected chi connectivity index (χ4v) is 5.80. The highest BCUT2D eigenvalue weighted by atomic mass is 32.1. The lowest BCUT2D eigenvalue weighted by Gasteiger charge is -2.33. The van der Waals surface area contributed by atoms with Crippen molar-refractivity contribution in [1.29, 1.82) is 0 Å². The van der Waals surface area contributed by atoms with Gasteiger partial charge in [0.2, 0.25) is 0 Å². The third-order valence-corrected chi connectivity index (χ3v) is 8.42. The molecule has 0 unspecified atom stereocenters. The van der Waals surface area contributed by atoms with E-state index in [4.69, 9.17) is 0 Å². The predicted octanol–water partition coefficient (Wildman–Crippen LogP) is 6.33. The molecule has 0 amide bonds. The minimum Gasteiger partial charge on any atom is -0.508 e. The zero-order valence-corrected chi connectivity index (χ0v) is 24.8. The van der Waals surface area contributed by atoms with Crippen molar-refractivity contribution in [2.24, 2.45) is 5.92 Å². The lowest BCUT2D eigenvalue weighted by molar-refractivity contribution is 0.171. The average molecular weight is 564 g/mol. The van der Waals surface area contributed by atoms with E-state index < -0.39 is 0 Å². The van der Waals surface area contributed by atoms with Gasteiger partial charge in [0.1, 0.15) is 11.5 Å². The van der Waals surface area contributed by atoms with Gasteiger partial charge in [-0.2, -0.15) is 12.6 Å². The van der Waals surface area contributed by atoms with Gasteiger partial charge in [0.15, 0.2) is 5.82 Å². The molecule has 1 aliphatic rings. The summed E-state index contributed by atoms with van der Waals surface area (Å²) in [5.74, 6) is 0.984. The fourth-order valence-electron chi connectivity index (χ4n) is 5.70. The van der Waals surface area contributed by atoms with Gasteiger partial charge in [-0.25, -0.2) is 4.57 Å². The van der Waals surface area contributed by atoms with Crippen LogP contribution in [0.3, 0.4) is 0 Å². The third-order valence-electron chi connectivity index (χ3n) is 8.19. The number of phenols is 2. The lowest BCUT2D eigenvalue weighted by Crippen LogP contribution is -2.36. The third kappa shape index (κ3) is 6.10. The summed E-state index contributed by atoms with van der Waals surface area (Å²) in [7, 11) is 0. The number of aromatic hydroxyl groups is 3. The largest absolute Gasteiger partial charge is 0.508 e. The van der Waals surface area contributed by atoms with E-state index in [1.165, 1.54) is 36.6 Å². The van der Waals surface area contributed by atoms with Crippen molar-refractivity contribution < 1.29 is 15.3 Å². The SMILES string of the molecule is CC(C)c1cc(-c2nnc(O)n2-c2ccc3c(ccn3CCC3CCN(CCC(C)(C)S)CC3)c2)c(O)cc1O. The molecule has 0 aliphatic carbocycles. The molecule has 0 atom stereocenters. The van der Waals surface area contributed by atoms with E-state index in [1.807, 2.05) is 26.0 Å². The summed E-state index contributed by atoms with van der Waals surface area (Å²) >= 11 is 4.67. The lowest BCUT2D eigenvalue weighted by atomic mass is 9.93. The number of hydrogen-bond acceptors (Lipinski definition) is 7. The molecule has 1 aliphatic heterocycles. The van der Waals surface area contributed by atoms with Gasteiger partial charge >= 0.3 is 6.01 Å². The van der Waals surface area contributed by atoms with Gasteiger partial charge in [-0.05, 0) is 93.0 Å². The standard InChI is InChI=1S/C31H41N5O3S/c1-20(2)24-18-25(28(38)19-27(24)37)29-32-33-30(39)36(29)23-5-6-26-22(17-23)10-15-35(26)14-9-21-7-12-34(13-8-21)16-11-31(3,4)40/h5-6,10,15,17-21,37-38,40H,7-9,11-14,16H2,1-4H3,(H,33,39). The molecule has 2 aromatic heterocycles. The minimum absolute atomic E-state index is 0.0254. The smallest absolute Gasteiger partial charge is 0.319 e. The normalized spacial score (nSPS) is 15.4. The highest BCUT2D eigenvalue weighted by Crippen LogP contribution is 2.39. The molecule has 214 valence electrons. The van der Waals surface area contributed by atoms with Crippen molar-refractivity contribution in [2.45, 2.75) is 70.6 Å². The van der Waals surface area contributed by atoms with Gasteiger partial charge in [0.25, 0.3) is 0 Å². The van der Waals surface area contributed by atoms with Crippen LogP contribution in [-0.4, -0.2) is 63.9 Å². The zero-order valence-electron chi connectivity index (χ0n) is 23.9. The molecular weight excluding hydrogens is 522 g/mol. The second kappa shape index (κ2) is 11.4. The van der Waals surface area contributed by atoms with Crippen LogP contribution in [0.25, 0.3) is 28.0 Å². The Bertz CT molecular complexity index is 1480. The molecule has 5 rings (SSSR count). The van der Waals surface area contributed by atoms with Crippen LogP contribution >= 0.6 is 12.6 Å². The second-order valence-electron chi connectivity index (χ2n) is 12.1. The number of phenolic OH excluding ortho intramolecular Hbond substituents is 2. The van der Waals surface area contributed by atoms with Crippen LogP contribution in [0.5, 0.6) is 17.5 Å². The molecule has 2 aromatic carbocycles. The molecule has 3 N–H and O–H groups in total. The van der Waals surface area contributed by atoms with Gasteiger partial charge in [0, 0.05) is 34.5 Å². The number of aromatic nitrogens is 4. The predicted molar refractivity (Wildman–Crippen MR) is 163 cm³/mol. The summed E-state index contributed by atoms with van der Waals surface area (Å²) in [5, 5.41) is 40.6. The number of rotatable bonds is 9. The van der Waals surface area contributed by atoms with Crippen LogP contribution in [0.1, 0.15) is 64.9 Å². The highest BCUT2D eigenvalue weighted by molar-refractivity contribution is 7.81. The first kappa shape index (κ1) is 28.4. The number of benzene rings is 2. The molecular formula is C31H41N5O3S. The Hall–Kier alpha value is -3.17. The topological polar surface area (TPSA) is 99.6 Å². The molecule has 1 saturated heterocycles. The Kier molecular flexibility index (Phi) is 8.06. The van der Waals surface area contributed by atoms with Crippen molar-refractivity contribution in [3.05, 3.63) is 48.2 Å². The molecule has 0 spiro atoms. The Labute approximate surface area is 241 Å². The average Bonchev–Trinajstić information content (AvgIpc) is 3.48. The highest BCUT2D eigenvalue weighted by Gasteiger charge is 2.23. The molecule has 40 heavy (non-hydrogen) atoms. The molecule has 0 saturated carbocycles. The van der Waals surface area contributed by atoms with E-state index >= 15 is 0 Å². The number of fused-ring (bicyclic) bond motifs is 1. The summed E-state index contributed by atoms with van der Waals surface area (Å²) in [6, 6.07) is 10.8. The first-order valence-electron chi connectivity index (χ1n) is 14.2. The quantitative estimate of drug-likeness (QED) is 0.178. The maximum atomic E-state index is 10.6. The van der Waals surface area contributed by atoms with Gasteiger partial charge in [-0.15, -0.1) is 5.10 Å². The number of hydrogen-bond donors (Lipinski definition) is 4. The maximum Gasteiger partial charge on any atom is 0.319 e. The number of thiol groups is 1. The number of nitrogens with zero attached hydrogens (tertiary/aromatic N) is 5. The van der Waals surface area contributed by atoms with Crippen LogP contribution in [0.15, 0.2) is 42.6 Å². The zero-order chi connectivity index (χ0) is 28.6. The van der Waals surface area contributed by atoms with Crippen molar-refractivity contribution in [3.8, 4) is 34.6 Å². The van der Waals surface area contributed by atoms with Gasteiger partial charge < -0.3 is 24.8 Å². The van der Waals surface area contributed by atoms with E-state index in [0.29, 0.717) is 22.6 Å². The summed E-state index contributed by atoms with van der Waals surface area (Å²) < 4.78 is 3.92. The van der Waals surface area contributed by atoms with E-state index in [1.54, 1.807) is 6.07 Å². The number of piperidine rings is 1. The Balaban J connectivity index is 1.31. The van der Waals surface area contributed by atoms with Crippen molar-refractivity contribution in [1.82, 2.24) is 24.2 Å². The van der Waals surface area contributed by atoms with E-state index in [-0.39, 0.29) is 28.2 Å². The Morgan fingerprint density at radius 3 is 2.42 bits per heavy atom. The molecule has 9 heteroatoms. The van der Waals surface area contributed by atoms with Crippen LogP contribution in [0.2, 0.25) is 0 Å². The minimum atomic E-state index is -0.267. The van der Waals surface area contributed by atoms with E-state index in [2.05, 4.69) is 64.5 Å².